The van der Waals surface area contributed by atoms with Crippen molar-refractivity contribution in [3.63, 3.8) is 0 Å². The van der Waals surface area contributed by atoms with Gasteiger partial charge in [-0.05, 0) is 14.0 Å². The van der Waals surface area contributed by atoms with Crippen LogP contribution >= 0.6 is 0 Å². The maximum atomic E-state index is 4.22. The van der Waals surface area contributed by atoms with Crippen LogP contribution in [-0.2, 0) is 0 Å². The average molecular weight is 212 g/mol. The molecule has 0 unspecified atom stereocenters. The zero-order chi connectivity index (χ0) is 11.7. The number of rotatable bonds is 0. The molecule has 1 fully saturated rings. The summed E-state index contributed by atoms with van der Waals surface area (Å²) in [6, 6.07) is 0. The average Bonchev–Trinajstić information content (AvgIpc) is 2.30. The van der Waals surface area contributed by atoms with Gasteiger partial charge in [-0.3, -0.25) is 4.99 Å². The van der Waals surface area contributed by atoms with E-state index in [-0.39, 0.29) is 0 Å². The molecule has 0 aliphatic carbocycles. The van der Waals surface area contributed by atoms with E-state index in [9.17, 15) is 0 Å². The molecule has 1 aliphatic rings. The Balaban J connectivity index is 0.000000921. The van der Waals surface area contributed by atoms with Crippen molar-refractivity contribution in [3.8, 4) is 0 Å². The van der Waals surface area contributed by atoms with E-state index in [1.807, 2.05) is 20.8 Å². The Morgan fingerprint density at radius 1 is 1.13 bits per heavy atom. The van der Waals surface area contributed by atoms with E-state index < -0.39 is 0 Å². The summed E-state index contributed by atoms with van der Waals surface area (Å²) in [5.41, 5.74) is 0. The van der Waals surface area contributed by atoms with Crippen molar-refractivity contribution in [1.29, 1.82) is 0 Å². The lowest BCUT2D eigenvalue weighted by molar-refractivity contribution is 0.214. The number of nitrogens with zero attached hydrogens (tertiary/aromatic N) is 4. The Morgan fingerprint density at radius 3 is 2.07 bits per heavy atom. The first kappa shape index (κ1) is 14.1. The standard InChI is InChI=1S/C9H18N4.C2H6/c1-4-11-9(10-2)13-7-5-12(3)6-8-13;1-2/h4H,5-8H2,1-3H3;1-2H3/b10-9?,11-4-;. The van der Waals surface area contributed by atoms with Gasteiger partial charge < -0.3 is 9.80 Å². The lowest BCUT2D eigenvalue weighted by Crippen LogP contribution is -2.46. The van der Waals surface area contributed by atoms with Crippen LogP contribution in [-0.4, -0.2) is 62.2 Å². The number of piperazine rings is 1. The molecule has 4 heteroatoms. The van der Waals surface area contributed by atoms with Crippen molar-refractivity contribution in [2.24, 2.45) is 9.98 Å². The number of likely N-dealkylation sites (N-methyl/N-ethyl adjacent to an activating group) is 1. The molecule has 4 nitrogen and oxygen atoms in total. The minimum atomic E-state index is 0.857. The molecule has 0 spiro atoms. The Kier molecular flexibility index (Phi) is 7.91. The summed E-state index contributed by atoms with van der Waals surface area (Å²) in [5.74, 6) is 0.857. The van der Waals surface area contributed by atoms with Gasteiger partial charge in [0.2, 0.25) is 5.96 Å². The van der Waals surface area contributed by atoms with Crippen LogP contribution in [0.1, 0.15) is 20.8 Å². The summed E-state index contributed by atoms with van der Waals surface area (Å²) in [5, 5.41) is 0. The van der Waals surface area contributed by atoms with Gasteiger partial charge in [0.05, 0.1) is 0 Å². The van der Waals surface area contributed by atoms with Crippen LogP contribution in [0.5, 0.6) is 0 Å². The fraction of sp³-hybridized carbons (Fsp3) is 0.818. The molecule has 0 N–H and O–H groups in total. The highest BCUT2D eigenvalue weighted by Crippen LogP contribution is 2.01. The SMILES string of the molecule is C/C=N\C(=NC)N1CCN(C)CC1.CC. The van der Waals surface area contributed by atoms with Crippen LogP contribution in [0.15, 0.2) is 9.98 Å². The largest absolute Gasteiger partial charge is 0.339 e. The van der Waals surface area contributed by atoms with Crippen LogP contribution in [0.25, 0.3) is 0 Å². The monoisotopic (exact) mass is 212 g/mol. The third-order valence-electron chi connectivity index (χ3n) is 2.23. The Hall–Kier alpha value is -0.900. The highest BCUT2D eigenvalue weighted by atomic mass is 15.3. The minimum Gasteiger partial charge on any atom is -0.339 e. The molecule has 0 saturated carbocycles. The molecule has 1 rings (SSSR count). The molecule has 0 bridgehead atoms. The molecule has 1 saturated heterocycles. The summed E-state index contributed by atoms with van der Waals surface area (Å²) < 4.78 is 0. The first-order valence-electron chi connectivity index (χ1n) is 5.67. The Morgan fingerprint density at radius 2 is 1.67 bits per heavy atom. The molecule has 0 aromatic carbocycles. The van der Waals surface area contributed by atoms with Crippen molar-refractivity contribution in [2.45, 2.75) is 20.8 Å². The predicted molar refractivity (Wildman–Crippen MR) is 67.9 cm³/mol. The lowest BCUT2D eigenvalue weighted by Gasteiger charge is -2.32. The molecule has 0 amide bonds. The minimum absolute atomic E-state index is 0.857. The molecular formula is C11H24N4. The molecule has 0 radical (unpaired) electrons. The number of hydrogen-bond donors (Lipinski definition) is 0. The predicted octanol–water partition coefficient (Wildman–Crippen LogP) is 1.34. The summed E-state index contributed by atoms with van der Waals surface area (Å²) in [4.78, 5) is 12.9. The second-order valence-electron chi connectivity index (χ2n) is 3.20. The Bertz CT molecular complexity index is 203. The van der Waals surface area contributed by atoms with Crippen molar-refractivity contribution in [1.82, 2.24) is 9.80 Å². The van der Waals surface area contributed by atoms with Gasteiger partial charge in [0.25, 0.3) is 0 Å². The van der Waals surface area contributed by atoms with Crippen LogP contribution in [0.2, 0.25) is 0 Å². The number of hydrogen-bond acceptors (Lipinski definition) is 2. The van der Waals surface area contributed by atoms with Crippen molar-refractivity contribution in [2.75, 3.05) is 40.3 Å². The summed E-state index contributed by atoms with van der Waals surface area (Å²) in [6.45, 7) is 10.2. The van der Waals surface area contributed by atoms with Crippen molar-refractivity contribution < 1.29 is 0 Å². The van der Waals surface area contributed by atoms with Crippen LogP contribution in [0.4, 0.5) is 0 Å². The van der Waals surface area contributed by atoms with Gasteiger partial charge in [-0.15, -0.1) is 0 Å². The molecule has 0 aromatic rings. The third-order valence-corrected chi connectivity index (χ3v) is 2.23. The van der Waals surface area contributed by atoms with Crippen molar-refractivity contribution in [3.05, 3.63) is 0 Å². The number of guanidine groups is 1. The second kappa shape index (κ2) is 8.41. The van der Waals surface area contributed by atoms with E-state index >= 15 is 0 Å². The summed E-state index contributed by atoms with van der Waals surface area (Å²) in [7, 11) is 3.93. The quantitative estimate of drug-likeness (QED) is 0.448. The van der Waals surface area contributed by atoms with E-state index in [1.54, 1.807) is 13.3 Å². The van der Waals surface area contributed by atoms with Gasteiger partial charge in [-0.1, -0.05) is 13.8 Å². The van der Waals surface area contributed by atoms with E-state index in [1.165, 1.54) is 0 Å². The topological polar surface area (TPSA) is 31.2 Å². The van der Waals surface area contributed by atoms with Gasteiger partial charge >= 0.3 is 0 Å². The van der Waals surface area contributed by atoms with Crippen molar-refractivity contribution >= 4 is 12.2 Å². The molecule has 0 aromatic heterocycles. The molecule has 88 valence electrons. The second-order valence-corrected chi connectivity index (χ2v) is 3.20. The molecule has 15 heavy (non-hydrogen) atoms. The summed E-state index contributed by atoms with van der Waals surface area (Å²) >= 11 is 0. The van der Waals surface area contributed by atoms with Crippen LogP contribution in [0.3, 0.4) is 0 Å². The molecule has 1 aliphatic heterocycles. The zero-order valence-electron chi connectivity index (χ0n) is 10.7. The zero-order valence-corrected chi connectivity index (χ0v) is 10.7. The van der Waals surface area contributed by atoms with E-state index in [0.29, 0.717) is 0 Å². The van der Waals surface area contributed by atoms with Gasteiger partial charge in [-0.25, -0.2) is 4.99 Å². The molecular weight excluding hydrogens is 188 g/mol. The van der Waals surface area contributed by atoms with E-state index in [2.05, 4.69) is 26.8 Å². The van der Waals surface area contributed by atoms with Crippen LogP contribution in [0, 0.1) is 0 Å². The summed E-state index contributed by atoms with van der Waals surface area (Å²) in [6.07, 6.45) is 1.79. The highest BCUT2D eigenvalue weighted by molar-refractivity contribution is 5.87. The van der Waals surface area contributed by atoms with E-state index in [4.69, 9.17) is 0 Å². The Labute approximate surface area is 93.7 Å². The molecule has 1 heterocycles. The first-order valence-corrected chi connectivity index (χ1v) is 5.67. The van der Waals surface area contributed by atoms with Gasteiger partial charge in [0.1, 0.15) is 0 Å². The maximum absolute atomic E-state index is 4.22. The molecule has 0 atom stereocenters. The van der Waals surface area contributed by atoms with Gasteiger partial charge in [0, 0.05) is 39.4 Å². The highest BCUT2D eigenvalue weighted by Gasteiger charge is 2.15. The van der Waals surface area contributed by atoms with Gasteiger partial charge in [0.15, 0.2) is 0 Å². The fourth-order valence-corrected chi connectivity index (χ4v) is 1.40. The fourth-order valence-electron chi connectivity index (χ4n) is 1.40. The third kappa shape index (κ3) is 4.93. The first-order chi connectivity index (χ1) is 7.27. The number of aliphatic imine (C=N–C) groups is 2. The van der Waals surface area contributed by atoms with Crippen LogP contribution < -0.4 is 0 Å². The normalized spacial score (nSPS) is 19.0. The maximum Gasteiger partial charge on any atom is 0.220 e. The lowest BCUT2D eigenvalue weighted by atomic mass is 10.3. The smallest absolute Gasteiger partial charge is 0.220 e. The van der Waals surface area contributed by atoms with Gasteiger partial charge in [-0.2, -0.15) is 0 Å². The van der Waals surface area contributed by atoms with E-state index in [0.717, 1.165) is 32.1 Å².